The van der Waals surface area contributed by atoms with Crippen molar-refractivity contribution in [2.24, 2.45) is 0 Å². The Bertz CT molecular complexity index is 1380. The van der Waals surface area contributed by atoms with Gasteiger partial charge < -0.3 is 15.1 Å². The Hall–Kier alpha value is -3.80. The zero-order valence-electron chi connectivity index (χ0n) is 18.8. The van der Waals surface area contributed by atoms with Gasteiger partial charge in [0.25, 0.3) is 11.8 Å². The third kappa shape index (κ3) is 6.41. The maximum absolute atomic E-state index is 13.0. The summed E-state index contributed by atoms with van der Waals surface area (Å²) in [4.78, 5) is 25.9. The van der Waals surface area contributed by atoms with E-state index in [4.69, 9.17) is 27.6 Å². The van der Waals surface area contributed by atoms with Crippen LogP contribution in [0.25, 0.3) is 17.4 Å². The van der Waals surface area contributed by atoms with Gasteiger partial charge in [-0.15, -0.1) is 0 Å². The molecule has 2 N–H and O–H groups in total. The minimum atomic E-state index is -0.443. The normalized spacial score (nSPS) is 11.2. The predicted octanol–water partition coefficient (Wildman–Crippen LogP) is 6.65. The van der Waals surface area contributed by atoms with E-state index in [1.54, 1.807) is 42.5 Å². The zero-order chi connectivity index (χ0) is 24.8. The second-order valence-corrected chi connectivity index (χ2v) is 8.69. The number of carbonyl (C=O) groups excluding carboxylic acids is 2. The standard InChI is InChI=1S/C28H22Cl2N2O3/c1-18-7-9-20(10-8-18)27(33)32-25(28(34)31-17-19-5-3-2-4-6-19)16-22-12-14-26(35-22)21-11-13-23(29)24(30)15-21/h2-16H,17H2,1H3,(H,31,34)(H,32,33)/b25-16-. The quantitative estimate of drug-likeness (QED) is 0.276. The molecular formula is C28H22Cl2N2O3. The maximum Gasteiger partial charge on any atom is 0.268 e. The molecule has 35 heavy (non-hydrogen) atoms. The molecule has 0 fully saturated rings. The van der Waals surface area contributed by atoms with Crippen molar-refractivity contribution in [2.75, 3.05) is 0 Å². The first kappa shape index (κ1) is 24.3. The van der Waals surface area contributed by atoms with Gasteiger partial charge in [-0.25, -0.2) is 0 Å². The number of hydrogen-bond acceptors (Lipinski definition) is 3. The van der Waals surface area contributed by atoms with E-state index < -0.39 is 11.8 Å². The smallest absolute Gasteiger partial charge is 0.268 e. The second-order valence-electron chi connectivity index (χ2n) is 7.88. The highest BCUT2D eigenvalue weighted by molar-refractivity contribution is 6.42. The minimum absolute atomic E-state index is 0.0570. The van der Waals surface area contributed by atoms with Gasteiger partial charge in [-0.1, -0.05) is 71.2 Å². The molecule has 0 aliphatic carbocycles. The average molecular weight is 505 g/mol. The topological polar surface area (TPSA) is 71.3 Å². The highest BCUT2D eigenvalue weighted by Crippen LogP contribution is 2.30. The molecule has 0 unspecified atom stereocenters. The van der Waals surface area contributed by atoms with Crippen LogP contribution in [0.3, 0.4) is 0 Å². The van der Waals surface area contributed by atoms with Gasteiger partial charge >= 0.3 is 0 Å². The van der Waals surface area contributed by atoms with Gasteiger partial charge in [0, 0.05) is 23.7 Å². The number of carbonyl (C=O) groups is 2. The fraction of sp³-hybridized carbons (Fsp3) is 0.0714. The van der Waals surface area contributed by atoms with Crippen LogP contribution in [-0.4, -0.2) is 11.8 Å². The van der Waals surface area contributed by atoms with Crippen molar-refractivity contribution in [3.8, 4) is 11.3 Å². The molecular weight excluding hydrogens is 483 g/mol. The first-order chi connectivity index (χ1) is 16.9. The number of furan rings is 1. The molecule has 0 bridgehead atoms. The van der Waals surface area contributed by atoms with E-state index in [9.17, 15) is 9.59 Å². The van der Waals surface area contributed by atoms with E-state index in [0.29, 0.717) is 33.7 Å². The van der Waals surface area contributed by atoms with E-state index in [1.807, 2.05) is 49.4 Å². The van der Waals surface area contributed by atoms with Crippen molar-refractivity contribution in [2.45, 2.75) is 13.5 Å². The van der Waals surface area contributed by atoms with Gasteiger partial charge in [0.2, 0.25) is 0 Å². The Morgan fingerprint density at radius 3 is 2.34 bits per heavy atom. The van der Waals surface area contributed by atoms with Gasteiger partial charge in [0.15, 0.2) is 0 Å². The first-order valence-corrected chi connectivity index (χ1v) is 11.6. The van der Waals surface area contributed by atoms with Crippen LogP contribution in [0.15, 0.2) is 95.0 Å². The van der Waals surface area contributed by atoms with E-state index in [0.717, 1.165) is 16.7 Å². The molecule has 0 radical (unpaired) electrons. The lowest BCUT2D eigenvalue weighted by Crippen LogP contribution is -2.34. The predicted molar refractivity (Wildman–Crippen MR) is 139 cm³/mol. The lowest BCUT2D eigenvalue weighted by atomic mass is 10.1. The second kappa shape index (κ2) is 11.1. The number of nitrogens with one attached hydrogen (secondary N) is 2. The van der Waals surface area contributed by atoms with Crippen molar-refractivity contribution in [1.82, 2.24) is 10.6 Å². The van der Waals surface area contributed by atoms with Gasteiger partial charge in [-0.05, 0) is 55.0 Å². The number of benzene rings is 3. The van der Waals surface area contributed by atoms with Crippen LogP contribution >= 0.6 is 23.2 Å². The molecule has 0 atom stereocenters. The minimum Gasteiger partial charge on any atom is -0.457 e. The van der Waals surface area contributed by atoms with Crippen LogP contribution in [-0.2, 0) is 11.3 Å². The van der Waals surface area contributed by atoms with Gasteiger partial charge in [0.1, 0.15) is 17.2 Å². The molecule has 2 amide bonds. The van der Waals surface area contributed by atoms with Crippen molar-refractivity contribution < 1.29 is 14.0 Å². The highest BCUT2D eigenvalue weighted by Gasteiger charge is 2.16. The fourth-order valence-electron chi connectivity index (χ4n) is 3.31. The number of aryl methyl sites for hydroxylation is 1. The van der Waals surface area contributed by atoms with Gasteiger partial charge in [-0.3, -0.25) is 9.59 Å². The van der Waals surface area contributed by atoms with Crippen LogP contribution < -0.4 is 10.6 Å². The van der Waals surface area contributed by atoms with Crippen molar-refractivity contribution in [3.05, 3.63) is 123 Å². The summed E-state index contributed by atoms with van der Waals surface area (Å²) in [7, 11) is 0. The number of rotatable bonds is 7. The third-order valence-electron chi connectivity index (χ3n) is 5.22. The molecule has 0 saturated heterocycles. The first-order valence-electron chi connectivity index (χ1n) is 10.9. The molecule has 0 aliphatic rings. The van der Waals surface area contributed by atoms with Crippen LogP contribution in [0.2, 0.25) is 10.0 Å². The summed E-state index contributed by atoms with van der Waals surface area (Å²) in [6.45, 7) is 2.25. The molecule has 4 aromatic rings. The summed E-state index contributed by atoms with van der Waals surface area (Å²) < 4.78 is 5.90. The van der Waals surface area contributed by atoms with Gasteiger partial charge in [-0.2, -0.15) is 0 Å². The molecule has 176 valence electrons. The van der Waals surface area contributed by atoms with E-state index >= 15 is 0 Å². The Kier molecular flexibility index (Phi) is 7.70. The average Bonchev–Trinajstić information content (AvgIpc) is 3.33. The molecule has 3 aromatic carbocycles. The summed E-state index contributed by atoms with van der Waals surface area (Å²) >= 11 is 12.1. The Morgan fingerprint density at radius 2 is 1.63 bits per heavy atom. The van der Waals surface area contributed by atoms with Crippen molar-refractivity contribution >= 4 is 41.1 Å². The number of hydrogen-bond donors (Lipinski definition) is 2. The lowest BCUT2D eigenvalue weighted by Gasteiger charge is -2.11. The summed E-state index contributed by atoms with van der Waals surface area (Å²) in [5.41, 5.74) is 3.20. The summed E-state index contributed by atoms with van der Waals surface area (Å²) in [6, 6.07) is 25.2. The molecule has 4 rings (SSSR count). The molecule has 0 aliphatic heterocycles. The van der Waals surface area contributed by atoms with Crippen molar-refractivity contribution in [3.63, 3.8) is 0 Å². The van der Waals surface area contributed by atoms with E-state index in [2.05, 4.69) is 10.6 Å². The van der Waals surface area contributed by atoms with E-state index in [-0.39, 0.29) is 5.70 Å². The van der Waals surface area contributed by atoms with Crippen LogP contribution in [0, 0.1) is 6.92 Å². The zero-order valence-corrected chi connectivity index (χ0v) is 20.4. The highest BCUT2D eigenvalue weighted by atomic mass is 35.5. The van der Waals surface area contributed by atoms with Crippen molar-refractivity contribution in [1.29, 1.82) is 0 Å². The molecule has 5 nitrogen and oxygen atoms in total. The number of amides is 2. The Labute approximate surface area is 213 Å². The summed E-state index contributed by atoms with van der Waals surface area (Å²) in [5, 5.41) is 6.41. The fourth-order valence-corrected chi connectivity index (χ4v) is 3.61. The molecule has 0 spiro atoms. The maximum atomic E-state index is 13.0. The molecule has 7 heteroatoms. The monoisotopic (exact) mass is 504 g/mol. The molecule has 0 saturated carbocycles. The van der Waals surface area contributed by atoms with E-state index in [1.165, 1.54) is 6.08 Å². The SMILES string of the molecule is Cc1ccc(C(=O)N/C(=C\c2ccc(-c3ccc(Cl)c(Cl)c3)o2)C(=O)NCc2ccccc2)cc1. The van der Waals surface area contributed by atoms with Crippen LogP contribution in [0.5, 0.6) is 0 Å². The lowest BCUT2D eigenvalue weighted by molar-refractivity contribution is -0.117. The Morgan fingerprint density at radius 1 is 0.886 bits per heavy atom. The number of halogens is 2. The van der Waals surface area contributed by atoms with Gasteiger partial charge in [0.05, 0.1) is 10.0 Å². The van der Waals surface area contributed by atoms with Crippen LogP contribution in [0.1, 0.15) is 27.2 Å². The summed E-state index contributed by atoms with van der Waals surface area (Å²) in [5.74, 6) is 0.0908. The molecule has 1 heterocycles. The summed E-state index contributed by atoms with van der Waals surface area (Å²) in [6.07, 6.45) is 1.49. The van der Waals surface area contributed by atoms with Crippen LogP contribution in [0.4, 0.5) is 0 Å². The Balaban J connectivity index is 1.59. The molecule has 1 aromatic heterocycles. The largest absolute Gasteiger partial charge is 0.457 e. The third-order valence-corrected chi connectivity index (χ3v) is 5.96.